The SMILES string of the molecule is COCC1(C(=O)NCCc2cccc(C)c2)CCNC1. The normalized spacial score (nSPS) is 21.9. The highest BCUT2D eigenvalue weighted by atomic mass is 16.5. The standard InChI is InChI=1S/C16H24N2O2/c1-13-4-3-5-14(10-13)6-8-18-15(19)16(12-20-2)7-9-17-11-16/h3-5,10,17H,6-9,11-12H2,1-2H3,(H,18,19). The van der Waals surface area contributed by atoms with Crippen LogP contribution in [0.3, 0.4) is 0 Å². The van der Waals surface area contributed by atoms with Gasteiger partial charge in [0, 0.05) is 20.2 Å². The summed E-state index contributed by atoms with van der Waals surface area (Å²) in [5.41, 5.74) is 2.13. The molecule has 2 N–H and O–H groups in total. The second kappa shape index (κ2) is 6.86. The van der Waals surface area contributed by atoms with E-state index in [0.717, 1.165) is 19.4 Å². The van der Waals surface area contributed by atoms with Crippen LogP contribution >= 0.6 is 0 Å². The lowest BCUT2D eigenvalue weighted by Crippen LogP contribution is -2.46. The van der Waals surface area contributed by atoms with Gasteiger partial charge in [0.15, 0.2) is 0 Å². The van der Waals surface area contributed by atoms with Crippen molar-refractivity contribution >= 4 is 5.91 Å². The molecule has 1 atom stereocenters. The van der Waals surface area contributed by atoms with Crippen molar-refractivity contribution in [2.45, 2.75) is 19.8 Å². The summed E-state index contributed by atoms with van der Waals surface area (Å²) >= 11 is 0. The van der Waals surface area contributed by atoms with Gasteiger partial charge in [-0.05, 0) is 31.9 Å². The quantitative estimate of drug-likeness (QED) is 0.823. The maximum absolute atomic E-state index is 12.4. The molecule has 0 spiro atoms. The highest BCUT2D eigenvalue weighted by Crippen LogP contribution is 2.25. The molecule has 0 saturated carbocycles. The van der Waals surface area contributed by atoms with Gasteiger partial charge in [0.2, 0.25) is 5.91 Å². The van der Waals surface area contributed by atoms with Gasteiger partial charge in [-0.25, -0.2) is 0 Å². The molecule has 1 fully saturated rings. The number of ether oxygens (including phenoxy) is 1. The van der Waals surface area contributed by atoms with Gasteiger partial charge < -0.3 is 15.4 Å². The van der Waals surface area contributed by atoms with E-state index in [-0.39, 0.29) is 11.3 Å². The van der Waals surface area contributed by atoms with E-state index < -0.39 is 0 Å². The largest absolute Gasteiger partial charge is 0.384 e. The van der Waals surface area contributed by atoms with Gasteiger partial charge >= 0.3 is 0 Å². The summed E-state index contributed by atoms with van der Waals surface area (Å²) in [5, 5.41) is 6.31. The van der Waals surface area contributed by atoms with E-state index in [1.165, 1.54) is 11.1 Å². The van der Waals surface area contributed by atoms with E-state index in [9.17, 15) is 4.79 Å². The van der Waals surface area contributed by atoms with E-state index in [2.05, 4.69) is 41.8 Å². The molecule has 0 aliphatic carbocycles. The Bertz CT molecular complexity index is 454. The number of hydrogen-bond acceptors (Lipinski definition) is 3. The Labute approximate surface area is 120 Å². The molecule has 1 aromatic carbocycles. The molecule has 110 valence electrons. The summed E-state index contributed by atoms with van der Waals surface area (Å²) in [7, 11) is 1.65. The molecule has 1 heterocycles. The highest BCUT2D eigenvalue weighted by Gasteiger charge is 2.41. The predicted octanol–water partition coefficient (Wildman–Crippen LogP) is 1.28. The second-order valence-corrected chi connectivity index (χ2v) is 5.64. The molecule has 1 aliphatic rings. The molecule has 1 unspecified atom stereocenters. The molecule has 0 radical (unpaired) electrons. The van der Waals surface area contributed by atoms with Gasteiger partial charge in [-0.15, -0.1) is 0 Å². The lowest BCUT2D eigenvalue weighted by atomic mass is 9.87. The Morgan fingerprint density at radius 1 is 1.50 bits per heavy atom. The number of carbonyl (C=O) groups excluding carboxylic acids is 1. The molecule has 2 rings (SSSR count). The van der Waals surface area contributed by atoms with Crippen molar-refractivity contribution < 1.29 is 9.53 Å². The van der Waals surface area contributed by atoms with E-state index in [0.29, 0.717) is 19.7 Å². The molecule has 1 saturated heterocycles. The molecule has 20 heavy (non-hydrogen) atoms. The summed E-state index contributed by atoms with van der Waals surface area (Å²) < 4.78 is 5.23. The average molecular weight is 276 g/mol. The number of carbonyl (C=O) groups is 1. The Hall–Kier alpha value is -1.39. The van der Waals surface area contributed by atoms with Crippen molar-refractivity contribution in [1.29, 1.82) is 0 Å². The third kappa shape index (κ3) is 3.58. The van der Waals surface area contributed by atoms with Gasteiger partial charge in [0.1, 0.15) is 0 Å². The van der Waals surface area contributed by atoms with E-state index >= 15 is 0 Å². The molecule has 0 aromatic heterocycles. The fraction of sp³-hybridized carbons (Fsp3) is 0.562. The van der Waals surface area contributed by atoms with Crippen molar-refractivity contribution in [3.8, 4) is 0 Å². The number of aryl methyl sites for hydroxylation is 1. The van der Waals surface area contributed by atoms with Crippen molar-refractivity contribution in [2.75, 3.05) is 33.4 Å². The first-order valence-corrected chi connectivity index (χ1v) is 7.20. The Morgan fingerprint density at radius 2 is 2.35 bits per heavy atom. The van der Waals surface area contributed by atoms with Crippen molar-refractivity contribution in [3.05, 3.63) is 35.4 Å². The number of benzene rings is 1. The lowest BCUT2D eigenvalue weighted by Gasteiger charge is -2.25. The topological polar surface area (TPSA) is 50.4 Å². The van der Waals surface area contributed by atoms with Gasteiger partial charge in [-0.3, -0.25) is 4.79 Å². The van der Waals surface area contributed by atoms with Crippen molar-refractivity contribution in [2.24, 2.45) is 5.41 Å². The molecular weight excluding hydrogens is 252 g/mol. The first-order valence-electron chi connectivity index (χ1n) is 7.20. The number of nitrogens with one attached hydrogen (secondary N) is 2. The summed E-state index contributed by atoms with van der Waals surface area (Å²) in [5.74, 6) is 0.108. The molecule has 4 heteroatoms. The Kier molecular flexibility index (Phi) is 5.15. The Balaban J connectivity index is 1.85. The number of methoxy groups -OCH3 is 1. The maximum atomic E-state index is 12.4. The summed E-state index contributed by atoms with van der Waals surface area (Å²) in [4.78, 5) is 12.4. The van der Waals surface area contributed by atoms with Crippen molar-refractivity contribution in [3.63, 3.8) is 0 Å². The fourth-order valence-electron chi connectivity index (χ4n) is 2.78. The van der Waals surface area contributed by atoms with Crippen LogP contribution in [0.2, 0.25) is 0 Å². The third-order valence-electron chi connectivity index (χ3n) is 3.93. The zero-order valence-corrected chi connectivity index (χ0v) is 12.4. The lowest BCUT2D eigenvalue weighted by molar-refractivity contribution is -0.132. The molecule has 0 bridgehead atoms. The minimum atomic E-state index is -0.388. The van der Waals surface area contributed by atoms with Gasteiger partial charge in [-0.2, -0.15) is 0 Å². The van der Waals surface area contributed by atoms with Gasteiger partial charge in [0.05, 0.1) is 12.0 Å². The van der Waals surface area contributed by atoms with Crippen LogP contribution in [0.4, 0.5) is 0 Å². The fourth-order valence-corrected chi connectivity index (χ4v) is 2.78. The van der Waals surface area contributed by atoms with Crippen LogP contribution in [0.25, 0.3) is 0 Å². The first-order chi connectivity index (χ1) is 9.66. The van der Waals surface area contributed by atoms with E-state index in [1.54, 1.807) is 7.11 Å². The molecule has 1 aromatic rings. The highest BCUT2D eigenvalue weighted by molar-refractivity contribution is 5.83. The monoisotopic (exact) mass is 276 g/mol. The third-order valence-corrected chi connectivity index (χ3v) is 3.93. The first kappa shape index (κ1) is 15.0. The van der Waals surface area contributed by atoms with E-state index in [4.69, 9.17) is 4.74 Å². The van der Waals surface area contributed by atoms with Crippen LogP contribution in [0.1, 0.15) is 17.5 Å². The number of amides is 1. The molecule has 1 aliphatic heterocycles. The molecule has 4 nitrogen and oxygen atoms in total. The van der Waals surface area contributed by atoms with Crippen LogP contribution in [-0.4, -0.2) is 39.3 Å². The van der Waals surface area contributed by atoms with Crippen molar-refractivity contribution in [1.82, 2.24) is 10.6 Å². The summed E-state index contributed by atoms with van der Waals surface area (Å²) in [6.07, 6.45) is 1.71. The van der Waals surface area contributed by atoms with Crippen LogP contribution < -0.4 is 10.6 Å². The molecule has 1 amide bonds. The summed E-state index contributed by atoms with van der Waals surface area (Å²) in [6.45, 7) is 4.83. The van der Waals surface area contributed by atoms with Gasteiger partial charge in [0.25, 0.3) is 0 Å². The van der Waals surface area contributed by atoms with Gasteiger partial charge in [-0.1, -0.05) is 29.8 Å². The smallest absolute Gasteiger partial charge is 0.229 e. The zero-order chi connectivity index (χ0) is 14.4. The Morgan fingerprint density at radius 3 is 3.00 bits per heavy atom. The molecular formula is C16H24N2O2. The van der Waals surface area contributed by atoms with Crippen LogP contribution in [0.15, 0.2) is 24.3 Å². The minimum absolute atomic E-state index is 0.108. The minimum Gasteiger partial charge on any atom is -0.384 e. The maximum Gasteiger partial charge on any atom is 0.229 e. The van der Waals surface area contributed by atoms with E-state index in [1.807, 2.05) is 0 Å². The van der Waals surface area contributed by atoms with Crippen LogP contribution in [0.5, 0.6) is 0 Å². The van der Waals surface area contributed by atoms with Crippen LogP contribution in [-0.2, 0) is 16.0 Å². The number of rotatable bonds is 6. The van der Waals surface area contributed by atoms with Crippen LogP contribution in [0, 0.1) is 12.3 Å². The number of hydrogen-bond donors (Lipinski definition) is 2. The average Bonchev–Trinajstić information content (AvgIpc) is 2.89. The summed E-state index contributed by atoms with van der Waals surface area (Å²) in [6, 6.07) is 8.40. The second-order valence-electron chi connectivity index (χ2n) is 5.64. The predicted molar refractivity (Wildman–Crippen MR) is 79.7 cm³/mol. The zero-order valence-electron chi connectivity index (χ0n) is 12.4.